The highest BCUT2D eigenvalue weighted by Crippen LogP contribution is 2.33. The van der Waals surface area contributed by atoms with E-state index in [9.17, 15) is 0 Å². The lowest BCUT2D eigenvalue weighted by atomic mass is 9.84. The third kappa shape index (κ3) is 4.46. The van der Waals surface area contributed by atoms with Crippen LogP contribution in [0.2, 0.25) is 5.15 Å². The molecule has 0 unspecified atom stereocenters. The largest absolute Gasteiger partial charge is 0.490 e. The predicted molar refractivity (Wildman–Crippen MR) is 91.3 cm³/mol. The lowest BCUT2D eigenvalue weighted by molar-refractivity contribution is 0.296. The van der Waals surface area contributed by atoms with Gasteiger partial charge in [-0.05, 0) is 64.8 Å². The Labute approximate surface area is 139 Å². The molecule has 1 heterocycles. The first kappa shape index (κ1) is 16.3. The molecule has 3 nitrogen and oxygen atoms in total. The number of nitrogens with zero attached hydrogens (tertiary/aromatic N) is 1. The zero-order valence-electron chi connectivity index (χ0n) is 12.2. The molecule has 20 heavy (non-hydrogen) atoms. The Morgan fingerprint density at radius 2 is 2.15 bits per heavy atom. The normalized spacial score (nSPS) is 17.1. The summed E-state index contributed by atoms with van der Waals surface area (Å²) < 4.78 is 6.69. The van der Waals surface area contributed by atoms with Gasteiger partial charge in [0.1, 0.15) is 3.70 Å². The molecule has 5 heteroatoms. The zero-order valence-corrected chi connectivity index (χ0v) is 15.2. The van der Waals surface area contributed by atoms with Gasteiger partial charge in [-0.15, -0.1) is 0 Å². The van der Waals surface area contributed by atoms with E-state index < -0.39 is 0 Å². The first-order valence-corrected chi connectivity index (χ1v) is 8.46. The van der Waals surface area contributed by atoms with Crippen molar-refractivity contribution in [2.45, 2.75) is 46.1 Å². The van der Waals surface area contributed by atoms with Crippen molar-refractivity contribution < 1.29 is 4.74 Å². The second-order valence-corrected chi connectivity index (χ2v) is 8.04. The number of halogens is 2. The summed E-state index contributed by atoms with van der Waals surface area (Å²) in [5.74, 6) is 1.39. The third-order valence-electron chi connectivity index (χ3n) is 3.69. The third-order valence-corrected chi connectivity index (χ3v) is 4.90. The monoisotopic (exact) mass is 408 g/mol. The molecular weight excluding hydrogens is 387 g/mol. The van der Waals surface area contributed by atoms with Crippen LogP contribution in [0.25, 0.3) is 0 Å². The van der Waals surface area contributed by atoms with Gasteiger partial charge in [0.2, 0.25) is 0 Å². The van der Waals surface area contributed by atoms with Crippen LogP contribution in [0.15, 0.2) is 6.07 Å². The molecular formula is C15H22ClIN2O. The van der Waals surface area contributed by atoms with Crippen molar-refractivity contribution in [3.8, 4) is 5.75 Å². The van der Waals surface area contributed by atoms with Gasteiger partial charge in [-0.3, -0.25) is 0 Å². The number of rotatable bonds is 5. The molecule has 0 amide bonds. The van der Waals surface area contributed by atoms with E-state index in [0.717, 1.165) is 22.3 Å². The van der Waals surface area contributed by atoms with Crippen LogP contribution in [0, 0.1) is 15.0 Å². The van der Waals surface area contributed by atoms with Gasteiger partial charge in [-0.1, -0.05) is 32.4 Å². The maximum Gasteiger partial charge on any atom is 0.172 e. The summed E-state index contributed by atoms with van der Waals surface area (Å²) in [6.07, 6.45) is 3.31. The molecule has 0 spiro atoms. The Morgan fingerprint density at radius 3 is 2.70 bits per heavy atom. The van der Waals surface area contributed by atoms with E-state index in [1.54, 1.807) is 0 Å². The molecule has 1 aromatic heterocycles. The number of pyridine rings is 1. The van der Waals surface area contributed by atoms with Gasteiger partial charge >= 0.3 is 0 Å². The smallest absolute Gasteiger partial charge is 0.172 e. The summed E-state index contributed by atoms with van der Waals surface area (Å²) in [6.45, 7) is 7.20. The van der Waals surface area contributed by atoms with Crippen molar-refractivity contribution in [2.24, 2.45) is 17.1 Å². The number of nitrogens with two attached hydrogens (primary N) is 1. The first-order valence-electron chi connectivity index (χ1n) is 7.00. The van der Waals surface area contributed by atoms with Crippen molar-refractivity contribution in [3.63, 3.8) is 0 Å². The maximum absolute atomic E-state index is 6.27. The van der Waals surface area contributed by atoms with E-state index in [1.807, 2.05) is 6.07 Å². The van der Waals surface area contributed by atoms with Crippen LogP contribution in [-0.4, -0.2) is 17.6 Å². The molecule has 0 saturated heterocycles. The van der Waals surface area contributed by atoms with Crippen LogP contribution in [0.5, 0.6) is 5.75 Å². The van der Waals surface area contributed by atoms with E-state index in [0.29, 0.717) is 16.8 Å². The number of hydrogen-bond acceptors (Lipinski definition) is 3. The van der Waals surface area contributed by atoms with Crippen LogP contribution < -0.4 is 10.5 Å². The first-order chi connectivity index (χ1) is 9.27. The van der Waals surface area contributed by atoms with Crippen molar-refractivity contribution in [1.82, 2.24) is 4.98 Å². The van der Waals surface area contributed by atoms with Crippen molar-refractivity contribution in [1.29, 1.82) is 0 Å². The van der Waals surface area contributed by atoms with Gasteiger partial charge in [-0.25, -0.2) is 4.98 Å². The van der Waals surface area contributed by atoms with E-state index in [-0.39, 0.29) is 11.5 Å². The predicted octanol–water partition coefficient (Wildman–Crippen LogP) is 4.04. The minimum absolute atomic E-state index is 0.0672. The Balaban J connectivity index is 2.12. The molecule has 1 saturated carbocycles. The summed E-state index contributed by atoms with van der Waals surface area (Å²) in [7, 11) is 0. The summed E-state index contributed by atoms with van der Waals surface area (Å²) >= 11 is 8.37. The Morgan fingerprint density at radius 1 is 1.50 bits per heavy atom. The lowest BCUT2D eigenvalue weighted by Crippen LogP contribution is -2.37. The fourth-order valence-corrected chi connectivity index (χ4v) is 2.72. The van der Waals surface area contributed by atoms with Gasteiger partial charge in [0.15, 0.2) is 10.9 Å². The molecule has 0 bridgehead atoms. The highest BCUT2D eigenvalue weighted by molar-refractivity contribution is 14.1. The molecule has 112 valence electrons. The van der Waals surface area contributed by atoms with Crippen LogP contribution in [0.4, 0.5) is 0 Å². The van der Waals surface area contributed by atoms with E-state index in [1.165, 1.54) is 12.8 Å². The van der Waals surface area contributed by atoms with Crippen LogP contribution in [0.1, 0.15) is 39.2 Å². The Hall–Kier alpha value is -0.0700. The summed E-state index contributed by atoms with van der Waals surface area (Å²) in [6, 6.07) is 2.08. The second kappa shape index (κ2) is 6.36. The summed E-state index contributed by atoms with van der Waals surface area (Å²) in [5.41, 5.74) is 7.45. The molecule has 1 fully saturated rings. The molecule has 1 atom stereocenters. The highest BCUT2D eigenvalue weighted by atomic mass is 127. The lowest BCUT2D eigenvalue weighted by Gasteiger charge is -2.27. The Kier molecular flexibility index (Phi) is 5.19. The fourth-order valence-electron chi connectivity index (χ4n) is 1.77. The van der Waals surface area contributed by atoms with Crippen molar-refractivity contribution >= 4 is 34.2 Å². The average molecular weight is 409 g/mol. The number of ether oxygens (including phenoxy) is 1. The van der Waals surface area contributed by atoms with Gasteiger partial charge in [0.05, 0.1) is 6.61 Å². The number of aromatic nitrogens is 1. The average Bonchev–Trinajstić information content (AvgIpc) is 3.13. The second-order valence-electron chi connectivity index (χ2n) is 6.66. The van der Waals surface area contributed by atoms with Gasteiger partial charge in [-0.2, -0.15) is 0 Å². The van der Waals surface area contributed by atoms with Crippen LogP contribution in [0.3, 0.4) is 0 Å². The van der Waals surface area contributed by atoms with Crippen molar-refractivity contribution in [3.05, 3.63) is 20.5 Å². The molecule has 0 aromatic carbocycles. The van der Waals surface area contributed by atoms with E-state index >= 15 is 0 Å². The maximum atomic E-state index is 6.27. The quantitative estimate of drug-likeness (QED) is 0.591. The van der Waals surface area contributed by atoms with Gasteiger partial charge < -0.3 is 10.5 Å². The van der Waals surface area contributed by atoms with Crippen LogP contribution >= 0.6 is 34.2 Å². The highest BCUT2D eigenvalue weighted by Gasteiger charge is 2.24. The Bertz CT molecular complexity index is 483. The molecule has 1 aliphatic rings. The molecule has 2 rings (SSSR count). The van der Waals surface area contributed by atoms with E-state index in [2.05, 4.69) is 48.3 Å². The summed E-state index contributed by atoms with van der Waals surface area (Å²) in [4.78, 5) is 4.38. The van der Waals surface area contributed by atoms with Gasteiger partial charge in [0.25, 0.3) is 0 Å². The number of hydrogen-bond donors (Lipinski definition) is 1. The van der Waals surface area contributed by atoms with Gasteiger partial charge in [0, 0.05) is 6.04 Å². The zero-order chi connectivity index (χ0) is 14.9. The molecule has 1 aliphatic carbocycles. The summed E-state index contributed by atoms with van der Waals surface area (Å²) in [5, 5.41) is 0.447. The molecule has 0 radical (unpaired) electrons. The fraction of sp³-hybridized carbons (Fsp3) is 0.667. The van der Waals surface area contributed by atoms with E-state index in [4.69, 9.17) is 22.1 Å². The minimum atomic E-state index is 0.0672. The molecule has 0 aliphatic heterocycles. The molecule has 2 N–H and O–H groups in total. The SMILES string of the molecule is CC(C)(C)[C@@H](N)Cc1cc(OCC2CC2)c(Cl)nc1I. The minimum Gasteiger partial charge on any atom is -0.490 e. The van der Waals surface area contributed by atoms with Crippen LogP contribution in [-0.2, 0) is 6.42 Å². The molecule has 1 aromatic rings. The standard InChI is InChI=1S/C15H22ClIN2O/c1-15(2,3)12(18)7-10-6-11(13(16)19-14(10)17)20-8-9-4-5-9/h6,9,12H,4-5,7-8,18H2,1-3H3/t12-/m0/s1. The van der Waals surface area contributed by atoms with Crippen molar-refractivity contribution in [2.75, 3.05) is 6.61 Å². The topological polar surface area (TPSA) is 48.1 Å².